The van der Waals surface area contributed by atoms with Gasteiger partial charge >= 0.3 is 0 Å². The van der Waals surface area contributed by atoms with Crippen molar-refractivity contribution in [1.29, 1.82) is 0 Å². The van der Waals surface area contributed by atoms with Crippen LogP contribution in [-0.2, 0) is 0 Å². The van der Waals surface area contributed by atoms with Crippen LogP contribution in [0.4, 0.5) is 0 Å². The van der Waals surface area contributed by atoms with Crippen molar-refractivity contribution in [3.8, 4) is 45.0 Å². The van der Waals surface area contributed by atoms with E-state index >= 15 is 0 Å². The molecule has 13 aromatic rings. The lowest BCUT2D eigenvalue weighted by Gasteiger charge is -2.34. The molecule has 0 N–H and O–H groups in total. The van der Waals surface area contributed by atoms with Crippen molar-refractivity contribution in [2.45, 2.75) is 0 Å². The molecule has 3 heterocycles. The Labute approximate surface area is 402 Å². The highest BCUT2D eigenvalue weighted by atomic mass is 28.3. The summed E-state index contributed by atoms with van der Waals surface area (Å²) in [5.74, 6) is 0.877. The van der Waals surface area contributed by atoms with E-state index in [1.54, 1.807) is 0 Å². The third-order valence-corrected chi connectivity index (χ3v) is 18.8. The molecule has 0 bridgehead atoms. The first-order valence-electron chi connectivity index (χ1n) is 23.7. The van der Waals surface area contributed by atoms with Crippen LogP contribution in [0.1, 0.15) is 0 Å². The lowest BCUT2D eigenvalue weighted by Crippen LogP contribution is -2.74. The van der Waals surface area contributed by atoms with Gasteiger partial charge in [0.05, 0.1) is 27.8 Å². The summed E-state index contributed by atoms with van der Waals surface area (Å²) in [6.45, 7) is 0. The summed E-state index contributed by atoms with van der Waals surface area (Å²) in [5, 5.41) is 10.3. The summed E-state index contributed by atoms with van der Waals surface area (Å²) in [5.41, 5.74) is 12.4. The lowest BCUT2D eigenvalue weighted by atomic mass is 10.0. The molecule has 0 aliphatic rings. The van der Waals surface area contributed by atoms with Gasteiger partial charge in [-0.25, -0.2) is 4.98 Å². The molecule has 4 heteroatoms. The number of fused-ring (bicyclic) bond motifs is 6. The lowest BCUT2D eigenvalue weighted by molar-refractivity contribution is 1.08. The Morgan fingerprint density at radius 1 is 0.261 bits per heavy atom. The molecule has 3 nitrogen and oxygen atoms in total. The fourth-order valence-corrected chi connectivity index (χ4v) is 15.8. The van der Waals surface area contributed by atoms with Crippen LogP contribution in [0.2, 0.25) is 0 Å². The number of para-hydroxylation sites is 3. The number of hydrogen-bond donors (Lipinski definition) is 0. The Kier molecular flexibility index (Phi) is 9.85. The van der Waals surface area contributed by atoms with Gasteiger partial charge in [0, 0.05) is 32.8 Å². The number of nitrogens with zero attached hydrogens (tertiary/aromatic N) is 3. The molecule has 0 saturated heterocycles. The molecule has 0 amide bonds. The van der Waals surface area contributed by atoms with Crippen LogP contribution >= 0.6 is 0 Å². The molecule has 10 aromatic carbocycles. The normalized spacial score (nSPS) is 11.8. The van der Waals surface area contributed by atoms with Crippen LogP contribution in [-0.4, -0.2) is 22.2 Å². The summed E-state index contributed by atoms with van der Waals surface area (Å²) in [7, 11) is -2.78. The maximum atomic E-state index is 5.53. The first-order valence-corrected chi connectivity index (χ1v) is 25.7. The van der Waals surface area contributed by atoms with Crippen molar-refractivity contribution in [2.75, 3.05) is 0 Å². The summed E-state index contributed by atoms with van der Waals surface area (Å²) in [6, 6.07) is 100. The standard InChI is InChI=1S/C65H45N3Si/c1-6-21-46(22-7-1)60-43-50(47-23-20-32-55(41-47)69(52-26-10-3-11-27-52,53-28-12-4-13-29-53)54-30-14-5-15-31-54)45-65(66-60)68-62-36-19-17-34-57(62)59-42-48(38-40-63(59)68)49-37-39-58-56-33-16-18-35-61(56)67(64(58)44-49)51-24-8-2-9-25-51/h1-45H. The number of pyridine rings is 1. The van der Waals surface area contributed by atoms with Crippen LogP contribution in [0.3, 0.4) is 0 Å². The van der Waals surface area contributed by atoms with Crippen molar-refractivity contribution in [2.24, 2.45) is 0 Å². The van der Waals surface area contributed by atoms with E-state index in [1.165, 1.54) is 64.5 Å². The minimum Gasteiger partial charge on any atom is -0.309 e. The average molecular weight is 896 g/mol. The van der Waals surface area contributed by atoms with Crippen LogP contribution in [0.25, 0.3) is 88.6 Å². The summed E-state index contributed by atoms with van der Waals surface area (Å²) < 4.78 is 4.76. The van der Waals surface area contributed by atoms with Gasteiger partial charge in [-0.05, 0) is 97.6 Å². The Bertz CT molecular complexity index is 3900. The second kappa shape index (κ2) is 16.8. The van der Waals surface area contributed by atoms with E-state index in [2.05, 4.69) is 282 Å². The molecule has 69 heavy (non-hydrogen) atoms. The molecule has 0 aliphatic carbocycles. The van der Waals surface area contributed by atoms with E-state index in [-0.39, 0.29) is 0 Å². The van der Waals surface area contributed by atoms with E-state index in [4.69, 9.17) is 4.98 Å². The van der Waals surface area contributed by atoms with E-state index in [0.29, 0.717) is 0 Å². The average Bonchev–Trinajstić information content (AvgIpc) is 3.95. The maximum Gasteiger partial charge on any atom is 0.179 e. The van der Waals surface area contributed by atoms with Gasteiger partial charge in [0.2, 0.25) is 0 Å². The van der Waals surface area contributed by atoms with Gasteiger partial charge in [-0.3, -0.25) is 4.57 Å². The third kappa shape index (κ3) is 6.76. The van der Waals surface area contributed by atoms with Gasteiger partial charge in [-0.15, -0.1) is 0 Å². The van der Waals surface area contributed by atoms with Gasteiger partial charge in [-0.2, -0.15) is 0 Å². The molecule has 13 rings (SSSR count). The van der Waals surface area contributed by atoms with Crippen LogP contribution in [0.5, 0.6) is 0 Å². The summed E-state index contributed by atoms with van der Waals surface area (Å²) in [4.78, 5) is 5.53. The topological polar surface area (TPSA) is 22.8 Å². The molecule has 3 aromatic heterocycles. The third-order valence-electron chi connectivity index (χ3n) is 14.1. The smallest absolute Gasteiger partial charge is 0.179 e. The molecule has 0 spiro atoms. The number of benzene rings is 10. The van der Waals surface area contributed by atoms with Crippen molar-refractivity contribution in [3.63, 3.8) is 0 Å². The van der Waals surface area contributed by atoms with Crippen LogP contribution in [0.15, 0.2) is 273 Å². The minimum atomic E-state index is -2.78. The van der Waals surface area contributed by atoms with Gasteiger partial charge in [0.1, 0.15) is 5.82 Å². The Morgan fingerprint density at radius 2 is 0.725 bits per heavy atom. The summed E-state index contributed by atoms with van der Waals surface area (Å²) >= 11 is 0. The van der Waals surface area contributed by atoms with Crippen molar-refractivity contribution >= 4 is 72.4 Å². The fourth-order valence-electron chi connectivity index (χ4n) is 11.0. The highest BCUT2D eigenvalue weighted by Gasteiger charge is 2.41. The first kappa shape index (κ1) is 40.4. The fraction of sp³-hybridized carbons (Fsp3) is 0. The van der Waals surface area contributed by atoms with Gasteiger partial charge < -0.3 is 4.57 Å². The number of aromatic nitrogens is 3. The van der Waals surface area contributed by atoms with Gasteiger partial charge in [-0.1, -0.05) is 218 Å². The largest absolute Gasteiger partial charge is 0.309 e. The van der Waals surface area contributed by atoms with E-state index < -0.39 is 8.07 Å². The maximum absolute atomic E-state index is 5.53. The molecule has 0 aliphatic heterocycles. The van der Waals surface area contributed by atoms with E-state index in [0.717, 1.165) is 44.9 Å². The second-order valence-electron chi connectivity index (χ2n) is 17.9. The van der Waals surface area contributed by atoms with Crippen molar-refractivity contribution in [3.05, 3.63) is 273 Å². The molecule has 0 radical (unpaired) electrons. The van der Waals surface area contributed by atoms with Gasteiger partial charge in [0.25, 0.3) is 0 Å². The minimum absolute atomic E-state index is 0.877. The zero-order valence-electron chi connectivity index (χ0n) is 37.8. The van der Waals surface area contributed by atoms with Gasteiger partial charge in [0.15, 0.2) is 8.07 Å². The number of rotatable bonds is 9. The monoisotopic (exact) mass is 895 g/mol. The zero-order valence-corrected chi connectivity index (χ0v) is 38.8. The van der Waals surface area contributed by atoms with Crippen molar-refractivity contribution < 1.29 is 0 Å². The first-order chi connectivity index (χ1) is 34.2. The Hall–Kier alpha value is -8.83. The highest BCUT2D eigenvalue weighted by Crippen LogP contribution is 2.39. The highest BCUT2D eigenvalue weighted by molar-refractivity contribution is 7.19. The molecular weight excluding hydrogens is 851 g/mol. The van der Waals surface area contributed by atoms with Crippen molar-refractivity contribution in [1.82, 2.24) is 14.1 Å². The molecule has 0 unspecified atom stereocenters. The molecule has 324 valence electrons. The van der Waals surface area contributed by atoms with Crippen LogP contribution in [0, 0.1) is 0 Å². The Balaban J connectivity index is 1.00. The second-order valence-corrected chi connectivity index (χ2v) is 21.7. The SMILES string of the molecule is c1ccc(-c2cc(-c3cccc([Si](c4ccccc4)(c4ccccc4)c4ccccc4)c3)cc(-n3c4ccccc4c4cc(-c5ccc6c7ccccc7n(-c7ccccc7)c6c5)ccc43)n2)cc1. The van der Waals surface area contributed by atoms with E-state index in [1.807, 2.05) is 0 Å². The van der Waals surface area contributed by atoms with E-state index in [9.17, 15) is 0 Å². The zero-order chi connectivity index (χ0) is 45.7. The Morgan fingerprint density at radius 3 is 1.38 bits per heavy atom. The molecular formula is C65H45N3Si. The number of hydrogen-bond acceptors (Lipinski definition) is 1. The molecule has 0 atom stereocenters. The predicted octanol–water partition coefficient (Wildman–Crippen LogP) is 13.7. The summed E-state index contributed by atoms with van der Waals surface area (Å²) in [6.07, 6.45) is 0. The predicted molar refractivity (Wildman–Crippen MR) is 293 cm³/mol. The molecule has 0 saturated carbocycles. The molecule has 0 fully saturated rings. The van der Waals surface area contributed by atoms with Crippen LogP contribution < -0.4 is 20.7 Å². The quantitative estimate of drug-likeness (QED) is 0.105.